The van der Waals surface area contributed by atoms with E-state index >= 15 is 0 Å². The lowest BCUT2D eigenvalue weighted by atomic mass is 10.1. The maximum absolute atomic E-state index is 12.5. The molecule has 1 heterocycles. The molecule has 5 nitrogen and oxygen atoms in total. The smallest absolute Gasteiger partial charge is 0.234 e. The molecule has 1 atom stereocenters. The zero-order valence-electron chi connectivity index (χ0n) is 17.4. The summed E-state index contributed by atoms with van der Waals surface area (Å²) in [5.74, 6) is 0.857. The van der Waals surface area contributed by atoms with Gasteiger partial charge in [0.2, 0.25) is 5.91 Å². The number of ether oxygens (including phenoxy) is 1. The van der Waals surface area contributed by atoms with Crippen molar-refractivity contribution in [2.24, 2.45) is 0 Å². The zero-order chi connectivity index (χ0) is 20.1. The van der Waals surface area contributed by atoms with Crippen LogP contribution in [0.3, 0.4) is 0 Å². The highest BCUT2D eigenvalue weighted by atomic mass is 16.5. The third kappa shape index (κ3) is 4.65. The predicted molar refractivity (Wildman–Crippen MR) is 114 cm³/mol. The summed E-state index contributed by atoms with van der Waals surface area (Å²) in [5.41, 5.74) is 4.98. The molecule has 2 aromatic rings. The Morgan fingerprint density at radius 3 is 2.50 bits per heavy atom. The molecule has 1 aliphatic rings. The number of aryl methyl sites for hydroxylation is 1. The molecular weight excluding hydrogens is 350 g/mol. The van der Waals surface area contributed by atoms with Gasteiger partial charge in [-0.2, -0.15) is 0 Å². The topological polar surface area (TPSA) is 44.8 Å². The molecule has 5 heteroatoms. The van der Waals surface area contributed by atoms with Crippen molar-refractivity contribution in [1.29, 1.82) is 0 Å². The van der Waals surface area contributed by atoms with Crippen LogP contribution in [0.1, 0.15) is 29.7 Å². The van der Waals surface area contributed by atoms with Crippen LogP contribution in [-0.2, 0) is 4.79 Å². The van der Waals surface area contributed by atoms with Gasteiger partial charge in [-0.25, -0.2) is 0 Å². The normalized spacial score (nSPS) is 15.9. The molecule has 0 spiro atoms. The monoisotopic (exact) mass is 381 g/mol. The number of benzene rings is 2. The number of rotatable bonds is 6. The SMILES string of the molecule is COc1ccccc1C(C)NC(=O)CN1CCN(c2cccc(C)c2C)CC1. The predicted octanol–water partition coefficient (Wildman–Crippen LogP) is 3.31. The minimum Gasteiger partial charge on any atom is -0.496 e. The third-order valence-corrected chi connectivity index (χ3v) is 5.64. The summed E-state index contributed by atoms with van der Waals surface area (Å²) < 4.78 is 5.40. The quantitative estimate of drug-likeness (QED) is 0.834. The van der Waals surface area contributed by atoms with Gasteiger partial charge >= 0.3 is 0 Å². The fourth-order valence-corrected chi connectivity index (χ4v) is 3.82. The number of anilines is 1. The van der Waals surface area contributed by atoms with Gasteiger partial charge in [-0.15, -0.1) is 0 Å². The van der Waals surface area contributed by atoms with Gasteiger partial charge in [0.1, 0.15) is 5.75 Å². The first-order valence-electron chi connectivity index (χ1n) is 9.95. The molecule has 1 fully saturated rings. The first-order chi connectivity index (χ1) is 13.5. The average Bonchev–Trinajstić information content (AvgIpc) is 2.70. The van der Waals surface area contributed by atoms with Gasteiger partial charge in [0, 0.05) is 37.4 Å². The fraction of sp³-hybridized carbons (Fsp3) is 0.435. The van der Waals surface area contributed by atoms with Crippen LogP contribution in [0.25, 0.3) is 0 Å². The fourth-order valence-electron chi connectivity index (χ4n) is 3.82. The first-order valence-corrected chi connectivity index (χ1v) is 9.95. The Labute approximate surface area is 168 Å². The second kappa shape index (κ2) is 9.11. The van der Waals surface area contributed by atoms with E-state index in [-0.39, 0.29) is 11.9 Å². The standard InChI is InChI=1S/C23H31N3O2/c1-17-8-7-10-21(18(17)2)26-14-12-25(13-15-26)16-23(27)24-19(3)20-9-5-6-11-22(20)28-4/h5-11,19H,12-16H2,1-4H3,(H,24,27). The van der Waals surface area contributed by atoms with Gasteiger partial charge in [-0.1, -0.05) is 30.3 Å². The third-order valence-electron chi connectivity index (χ3n) is 5.64. The number of para-hydroxylation sites is 1. The Morgan fingerprint density at radius 1 is 1.07 bits per heavy atom. The number of nitrogens with zero attached hydrogens (tertiary/aromatic N) is 2. The number of hydrogen-bond donors (Lipinski definition) is 1. The second-order valence-corrected chi connectivity index (χ2v) is 7.51. The van der Waals surface area contributed by atoms with Crippen molar-refractivity contribution in [2.45, 2.75) is 26.8 Å². The molecule has 1 amide bonds. The minimum atomic E-state index is -0.0834. The molecule has 0 saturated carbocycles. The molecule has 3 rings (SSSR count). The number of methoxy groups -OCH3 is 1. The number of carbonyl (C=O) groups excluding carboxylic acids is 1. The van der Waals surface area contributed by atoms with E-state index in [2.05, 4.69) is 47.2 Å². The molecule has 1 saturated heterocycles. The Hall–Kier alpha value is -2.53. The molecule has 2 aromatic carbocycles. The molecule has 150 valence electrons. The Morgan fingerprint density at radius 2 is 1.79 bits per heavy atom. The molecule has 0 aromatic heterocycles. The highest BCUT2D eigenvalue weighted by Gasteiger charge is 2.21. The summed E-state index contributed by atoms with van der Waals surface area (Å²) in [4.78, 5) is 17.2. The number of carbonyl (C=O) groups is 1. The number of piperazine rings is 1. The highest BCUT2D eigenvalue weighted by Crippen LogP contribution is 2.25. The van der Waals surface area contributed by atoms with Crippen LogP contribution < -0.4 is 15.0 Å². The minimum absolute atomic E-state index is 0.0543. The molecule has 28 heavy (non-hydrogen) atoms. The highest BCUT2D eigenvalue weighted by molar-refractivity contribution is 5.78. The van der Waals surface area contributed by atoms with Crippen LogP contribution in [0, 0.1) is 13.8 Å². The van der Waals surface area contributed by atoms with Gasteiger partial charge in [0.15, 0.2) is 0 Å². The van der Waals surface area contributed by atoms with Crippen molar-refractivity contribution in [3.8, 4) is 5.75 Å². The maximum Gasteiger partial charge on any atom is 0.234 e. The molecule has 0 radical (unpaired) electrons. The lowest BCUT2D eigenvalue weighted by Gasteiger charge is -2.36. The van der Waals surface area contributed by atoms with Crippen LogP contribution in [0.15, 0.2) is 42.5 Å². The van der Waals surface area contributed by atoms with Gasteiger partial charge in [0.25, 0.3) is 0 Å². The first kappa shape index (κ1) is 20.2. The van der Waals surface area contributed by atoms with E-state index in [9.17, 15) is 4.79 Å². The van der Waals surface area contributed by atoms with E-state index in [0.717, 1.165) is 37.5 Å². The van der Waals surface area contributed by atoms with E-state index in [1.54, 1.807) is 7.11 Å². The van der Waals surface area contributed by atoms with Crippen molar-refractivity contribution < 1.29 is 9.53 Å². The zero-order valence-corrected chi connectivity index (χ0v) is 17.4. The Kier molecular flexibility index (Phi) is 6.57. The summed E-state index contributed by atoms with van der Waals surface area (Å²) >= 11 is 0. The number of hydrogen-bond acceptors (Lipinski definition) is 4. The largest absolute Gasteiger partial charge is 0.496 e. The van der Waals surface area contributed by atoms with E-state index in [1.165, 1.54) is 16.8 Å². The van der Waals surface area contributed by atoms with Crippen LogP contribution in [0.2, 0.25) is 0 Å². The molecule has 0 aliphatic carbocycles. The van der Waals surface area contributed by atoms with E-state index < -0.39 is 0 Å². The van der Waals surface area contributed by atoms with Crippen LogP contribution in [0.5, 0.6) is 5.75 Å². The van der Waals surface area contributed by atoms with E-state index in [0.29, 0.717) is 6.54 Å². The van der Waals surface area contributed by atoms with Crippen molar-refractivity contribution in [3.05, 3.63) is 59.2 Å². The Bertz CT molecular complexity index is 813. The van der Waals surface area contributed by atoms with Crippen molar-refractivity contribution >= 4 is 11.6 Å². The molecule has 1 aliphatic heterocycles. The second-order valence-electron chi connectivity index (χ2n) is 7.51. The number of amides is 1. The van der Waals surface area contributed by atoms with Crippen LogP contribution in [0.4, 0.5) is 5.69 Å². The van der Waals surface area contributed by atoms with E-state index in [1.807, 2.05) is 31.2 Å². The molecule has 1 N–H and O–H groups in total. The average molecular weight is 382 g/mol. The van der Waals surface area contributed by atoms with Gasteiger partial charge in [-0.05, 0) is 44.0 Å². The summed E-state index contributed by atoms with van der Waals surface area (Å²) in [6.45, 7) is 10.4. The van der Waals surface area contributed by atoms with Gasteiger partial charge in [-0.3, -0.25) is 9.69 Å². The Balaban J connectivity index is 1.52. The maximum atomic E-state index is 12.5. The van der Waals surface area contributed by atoms with E-state index in [4.69, 9.17) is 4.74 Å². The lowest BCUT2D eigenvalue weighted by molar-refractivity contribution is -0.123. The molecule has 0 bridgehead atoms. The lowest BCUT2D eigenvalue weighted by Crippen LogP contribution is -2.49. The van der Waals surface area contributed by atoms with Crippen LogP contribution >= 0.6 is 0 Å². The molecular formula is C23H31N3O2. The van der Waals surface area contributed by atoms with Crippen molar-refractivity contribution in [2.75, 3.05) is 44.7 Å². The van der Waals surface area contributed by atoms with Gasteiger partial charge < -0.3 is 15.0 Å². The van der Waals surface area contributed by atoms with Gasteiger partial charge in [0.05, 0.1) is 19.7 Å². The summed E-state index contributed by atoms with van der Waals surface area (Å²) in [6.07, 6.45) is 0. The van der Waals surface area contributed by atoms with Crippen LogP contribution in [-0.4, -0.2) is 50.6 Å². The summed E-state index contributed by atoms with van der Waals surface area (Å²) in [6, 6.07) is 14.2. The summed E-state index contributed by atoms with van der Waals surface area (Å²) in [5, 5.41) is 3.10. The van der Waals surface area contributed by atoms with Crippen molar-refractivity contribution in [3.63, 3.8) is 0 Å². The number of nitrogens with one attached hydrogen (secondary N) is 1. The molecule has 1 unspecified atom stereocenters. The summed E-state index contributed by atoms with van der Waals surface area (Å²) in [7, 11) is 1.66. The van der Waals surface area contributed by atoms with Crippen molar-refractivity contribution in [1.82, 2.24) is 10.2 Å².